The maximum atomic E-state index is 11.9. The van der Waals surface area contributed by atoms with Crippen LogP contribution in [0.5, 0.6) is 5.75 Å². The number of nitrogens with zero attached hydrogens (tertiary/aromatic N) is 1. The molecular formula is C20H21N3O2S. The summed E-state index contributed by atoms with van der Waals surface area (Å²) < 4.78 is 5.18. The number of aliphatic imine (C=N–C) groups is 1. The fraction of sp³-hybridized carbons (Fsp3) is 0.200. The third-order valence-electron chi connectivity index (χ3n) is 4.13. The molecule has 0 unspecified atom stereocenters. The second kappa shape index (κ2) is 8.10. The Morgan fingerprint density at radius 2 is 1.88 bits per heavy atom. The van der Waals surface area contributed by atoms with Gasteiger partial charge in [-0.3, -0.25) is 4.79 Å². The monoisotopic (exact) mass is 367 g/mol. The van der Waals surface area contributed by atoms with Gasteiger partial charge in [-0.25, -0.2) is 4.99 Å². The van der Waals surface area contributed by atoms with E-state index >= 15 is 0 Å². The standard InChI is InChI=1S/C20H21N3O2S/c1-13-17(19(21)24)18(15-6-4-3-5-7-15)23-20(22-13)26-12-14-8-10-16(25-2)11-9-14/h3-11,18H,12H2,1-2H3,(H2,21,24)(H,22,23)/t18-/m0/s1. The molecule has 3 rings (SSSR count). The number of allylic oxidation sites excluding steroid dienone is 1. The van der Waals surface area contributed by atoms with Crippen molar-refractivity contribution in [3.8, 4) is 5.75 Å². The normalized spacial score (nSPS) is 16.7. The third-order valence-corrected chi connectivity index (χ3v) is 5.09. The lowest BCUT2D eigenvalue weighted by Gasteiger charge is -2.25. The number of benzene rings is 2. The number of primary amides is 1. The van der Waals surface area contributed by atoms with Crippen LogP contribution in [-0.4, -0.2) is 18.2 Å². The van der Waals surface area contributed by atoms with Gasteiger partial charge < -0.3 is 15.8 Å². The smallest absolute Gasteiger partial charge is 0.248 e. The maximum absolute atomic E-state index is 11.9. The lowest BCUT2D eigenvalue weighted by molar-refractivity contribution is -0.114. The van der Waals surface area contributed by atoms with Crippen molar-refractivity contribution in [3.05, 3.63) is 77.0 Å². The number of amidine groups is 1. The fourth-order valence-corrected chi connectivity index (χ4v) is 3.69. The molecule has 1 amide bonds. The van der Waals surface area contributed by atoms with Crippen molar-refractivity contribution in [3.63, 3.8) is 0 Å². The molecule has 0 spiro atoms. The first kappa shape index (κ1) is 18.1. The summed E-state index contributed by atoms with van der Waals surface area (Å²) in [5, 5.41) is 3.98. The van der Waals surface area contributed by atoms with E-state index in [2.05, 4.69) is 5.32 Å². The summed E-state index contributed by atoms with van der Waals surface area (Å²) in [6, 6.07) is 17.3. The number of carbonyl (C=O) groups excluding carboxylic acids is 1. The van der Waals surface area contributed by atoms with E-state index in [9.17, 15) is 4.79 Å². The van der Waals surface area contributed by atoms with Crippen LogP contribution in [0.15, 0.2) is 70.9 Å². The van der Waals surface area contributed by atoms with Crippen molar-refractivity contribution in [2.24, 2.45) is 10.7 Å². The van der Waals surface area contributed by atoms with Crippen molar-refractivity contribution in [2.75, 3.05) is 7.11 Å². The molecule has 3 N–H and O–H groups in total. The molecular weight excluding hydrogens is 346 g/mol. The number of ether oxygens (including phenoxy) is 1. The Morgan fingerprint density at radius 3 is 2.50 bits per heavy atom. The molecule has 0 fully saturated rings. The van der Waals surface area contributed by atoms with Gasteiger partial charge >= 0.3 is 0 Å². The Morgan fingerprint density at radius 1 is 1.19 bits per heavy atom. The third kappa shape index (κ3) is 4.08. The lowest BCUT2D eigenvalue weighted by atomic mass is 9.96. The molecule has 0 bridgehead atoms. The predicted molar refractivity (Wildman–Crippen MR) is 106 cm³/mol. The number of methoxy groups -OCH3 is 1. The minimum absolute atomic E-state index is 0.381. The average Bonchev–Trinajstić information content (AvgIpc) is 2.66. The highest BCUT2D eigenvalue weighted by Gasteiger charge is 2.27. The quantitative estimate of drug-likeness (QED) is 0.849. The minimum atomic E-state index is -0.452. The fourth-order valence-electron chi connectivity index (χ4n) is 2.79. The van der Waals surface area contributed by atoms with E-state index < -0.39 is 5.91 Å². The molecule has 0 saturated heterocycles. The van der Waals surface area contributed by atoms with Crippen LogP contribution in [0.1, 0.15) is 24.1 Å². The molecule has 26 heavy (non-hydrogen) atoms. The zero-order valence-electron chi connectivity index (χ0n) is 14.7. The minimum Gasteiger partial charge on any atom is -0.497 e. The highest BCUT2D eigenvalue weighted by molar-refractivity contribution is 8.13. The van der Waals surface area contributed by atoms with Crippen LogP contribution < -0.4 is 15.8 Å². The summed E-state index contributed by atoms with van der Waals surface area (Å²) in [5.74, 6) is 1.14. The van der Waals surface area contributed by atoms with Gasteiger partial charge in [0.25, 0.3) is 0 Å². The predicted octanol–water partition coefficient (Wildman–Crippen LogP) is 3.39. The second-order valence-corrected chi connectivity index (χ2v) is 6.88. The van der Waals surface area contributed by atoms with Crippen molar-refractivity contribution in [1.29, 1.82) is 0 Å². The Kier molecular flexibility index (Phi) is 5.63. The van der Waals surface area contributed by atoms with Gasteiger partial charge in [0.2, 0.25) is 5.91 Å². The van der Waals surface area contributed by atoms with E-state index in [1.165, 1.54) is 5.56 Å². The van der Waals surface area contributed by atoms with Gasteiger partial charge in [0.15, 0.2) is 5.17 Å². The van der Waals surface area contributed by atoms with Crippen molar-refractivity contribution < 1.29 is 9.53 Å². The van der Waals surface area contributed by atoms with Crippen LogP contribution in [0.25, 0.3) is 0 Å². The molecule has 2 aromatic rings. The highest BCUT2D eigenvalue weighted by atomic mass is 32.2. The van der Waals surface area contributed by atoms with Crippen molar-refractivity contribution in [2.45, 2.75) is 18.7 Å². The van der Waals surface area contributed by atoms with E-state index in [-0.39, 0.29) is 6.04 Å². The highest BCUT2D eigenvalue weighted by Crippen LogP contribution is 2.32. The first-order chi connectivity index (χ1) is 12.6. The van der Waals surface area contributed by atoms with Gasteiger partial charge in [0.05, 0.1) is 12.7 Å². The Bertz CT molecular complexity index is 845. The molecule has 0 radical (unpaired) electrons. The summed E-state index contributed by atoms with van der Waals surface area (Å²) >= 11 is 1.59. The summed E-state index contributed by atoms with van der Waals surface area (Å²) in [4.78, 5) is 16.7. The molecule has 1 atom stereocenters. The molecule has 1 aliphatic rings. The molecule has 5 nitrogen and oxygen atoms in total. The van der Waals surface area contributed by atoms with Crippen LogP contribution >= 0.6 is 11.8 Å². The second-order valence-electron chi connectivity index (χ2n) is 5.91. The molecule has 1 aliphatic heterocycles. The lowest BCUT2D eigenvalue weighted by Crippen LogP contribution is -2.32. The van der Waals surface area contributed by atoms with Gasteiger partial charge in [-0.15, -0.1) is 0 Å². The summed E-state index contributed by atoms with van der Waals surface area (Å²) in [6.07, 6.45) is 0. The Balaban J connectivity index is 1.80. The average molecular weight is 367 g/mol. The summed E-state index contributed by atoms with van der Waals surface area (Å²) in [6.45, 7) is 1.86. The first-order valence-corrected chi connectivity index (χ1v) is 9.23. The SMILES string of the molecule is COc1ccc(CSC2=N[C@@H](c3ccccc3)C(C(N)=O)=C(C)N2)cc1. The zero-order valence-corrected chi connectivity index (χ0v) is 15.5. The number of nitrogens with one attached hydrogen (secondary N) is 1. The summed E-state index contributed by atoms with van der Waals surface area (Å²) in [7, 11) is 1.65. The molecule has 0 saturated carbocycles. The molecule has 134 valence electrons. The van der Waals surface area contributed by atoms with Crippen molar-refractivity contribution in [1.82, 2.24) is 5.32 Å². The van der Waals surface area contributed by atoms with Crippen LogP contribution in [-0.2, 0) is 10.5 Å². The number of hydrogen-bond donors (Lipinski definition) is 2. The Hall–Kier alpha value is -2.73. The van der Waals surface area contributed by atoms with Crippen LogP contribution in [0.4, 0.5) is 0 Å². The molecule has 6 heteroatoms. The number of thioether (sulfide) groups is 1. The van der Waals surface area contributed by atoms with E-state index in [4.69, 9.17) is 15.5 Å². The summed E-state index contributed by atoms with van der Waals surface area (Å²) in [5.41, 5.74) is 8.97. The number of rotatable bonds is 5. The number of hydrogen-bond acceptors (Lipinski definition) is 5. The number of nitrogens with two attached hydrogens (primary N) is 1. The molecule has 0 aliphatic carbocycles. The van der Waals surface area contributed by atoms with Gasteiger partial charge in [-0.05, 0) is 30.2 Å². The van der Waals surface area contributed by atoms with Gasteiger partial charge in [0.1, 0.15) is 11.8 Å². The van der Waals surface area contributed by atoms with Gasteiger partial charge in [-0.1, -0.05) is 54.2 Å². The molecule has 2 aromatic carbocycles. The van der Waals surface area contributed by atoms with E-state index in [0.717, 1.165) is 27.9 Å². The van der Waals surface area contributed by atoms with E-state index in [0.29, 0.717) is 5.57 Å². The van der Waals surface area contributed by atoms with Crippen LogP contribution in [0, 0.1) is 0 Å². The number of amides is 1. The molecule has 0 aromatic heterocycles. The maximum Gasteiger partial charge on any atom is 0.248 e. The van der Waals surface area contributed by atoms with Crippen LogP contribution in [0.3, 0.4) is 0 Å². The van der Waals surface area contributed by atoms with Crippen molar-refractivity contribution >= 4 is 22.8 Å². The van der Waals surface area contributed by atoms with Crippen LogP contribution in [0.2, 0.25) is 0 Å². The topological polar surface area (TPSA) is 76.7 Å². The molecule has 1 heterocycles. The van der Waals surface area contributed by atoms with Gasteiger partial charge in [-0.2, -0.15) is 0 Å². The first-order valence-electron chi connectivity index (χ1n) is 8.24. The zero-order chi connectivity index (χ0) is 18.5. The van der Waals surface area contributed by atoms with Gasteiger partial charge in [0, 0.05) is 11.4 Å². The largest absolute Gasteiger partial charge is 0.497 e. The number of carbonyl (C=O) groups is 1. The van der Waals surface area contributed by atoms with E-state index in [1.807, 2.05) is 61.5 Å². The van der Waals surface area contributed by atoms with E-state index in [1.54, 1.807) is 18.9 Å². The Labute approximate surface area is 157 Å².